The summed E-state index contributed by atoms with van der Waals surface area (Å²) in [5.41, 5.74) is 16.5. The van der Waals surface area contributed by atoms with Crippen LogP contribution in [0.15, 0.2) is 152 Å². The minimum atomic E-state index is -0.684. The molecular weight excluding hydrogens is 659 g/mol. The van der Waals surface area contributed by atoms with E-state index in [0.29, 0.717) is 17.5 Å². The third-order valence-electron chi connectivity index (χ3n) is 11.2. The molecule has 2 aliphatic rings. The van der Waals surface area contributed by atoms with Crippen molar-refractivity contribution in [3.8, 4) is 67.9 Å². The molecule has 2 heterocycles. The topological polar surface area (TPSA) is 47.9 Å². The molecule has 0 amide bonds. The molecular formula is C50H37N3O. The molecule has 7 aromatic carbocycles. The Labute approximate surface area is 315 Å². The molecule has 4 nitrogen and oxygen atoms in total. The summed E-state index contributed by atoms with van der Waals surface area (Å²) in [6, 6.07) is 53.5. The van der Waals surface area contributed by atoms with Crippen molar-refractivity contribution in [1.29, 1.82) is 0 Å². The van der Waals surface area contributed by atoms with Crippen LogP contribution in [0.4, 0.5) is 0 Å². The van der Waals surface area contributed by atoms with E-state index in [2.05, 4.69) is 155 Å². The van der Waals surface area contributed by atoms with Gasteiger partial charge < -0.3 is 4.74 Å². The number of para-hydroxylation sites is 2. The summed E-state index contributed by atoms with van der Waals surface area (Å²) in [6.07, 6.45) is 0. The fourth-order valence-corrected chi connectivity index (χ4v) is 8.88. The van der Waals surface area contributed by atoms with Crippen LogP contribution in [-0.2, 0) is 5.41 Å². The van der Waals surface area contributed by atoms with Gasteiger partial charge in [0.25, 0.3) is 0 Å². The van der Waals surface area contributed by atoms with Crippen LogP contribution in [0, 0.1) is 27.7 Å². The van der Waals surface area contributed by atoms with E-state index in [9.17, 15) is 0 Å². The molecule has 1 aromatic heterocycles. The van der Waals surface area contributed by atoms with Gasteiger partial charge in [0, 0.05) is 27.8 Å². The number of nitrogens with zero attached hydrogens (tertiary/aromatic N) is 3. The standard InChI is InChI=1S/C50H37N3O/c1-30-28-33(4)43-41(29-30)50(39-19-11-12-21-42(39)54-46-32(3)14-13-20-40(46)50)45-38(27-22-31(2)44(43)45)49-52-47(36-17-9-6-10-18-36)51-48(53-49)37-25-23-35(24-26-37)34-15-7-5-8-16-34/h5-29H,1-4H3. The molecule has 10 rings (SSSR count). The van der Waals surface area contributed by atoms with Crippen molar-refractivity contribution < 1.29 is 4.74 Å². The molecule has 4 heteroatoms. The number of hydrogen-bond donors (Lipinski definition) is 0. The summed E-state index contributed by atoms with van der Waals surface area (Å²) in [7, 11) is 0. The predicted octanol–water partition coefficient (Wildman–Crippen LogP) is 12.2. The third kappa shape index (κ3) is 4.73. The van der Waals surface area contributed by atoms with Gasteiger partial charge in [-0.05, 0) is 83.8 Å². The zero-order valence-electron chi connectivity index (χ0n) is 30.7. The van der Waals surface area contributed by atoms with E-state index in [1.807, 2.05) is 24.3 Å². The first kappa shape index (κ1) is 32.0. The second-order valence-electron chi connectivity index (χ2n) is 14.6. The Morgan fingerprint density at radius 1 is 0.426 bits per heavy atom. The Balaban J connectivity index is 1.30. The van der Waals surface area contributed by atoms with Gasteiger partial charge in [0.15, 0.2) is 17.5 Å². The summed E-state index contributed by atoms with van der Waals surface area (Å²) >= 11 is 0. The highest BCUT2D eigenvalue weighted by Gasteiger charge is 2.53. The first-order valence-electron chi connectivity index (χ1n) is 18.5. The lowest BCUT2D eigenvalue weighted by molar-refractivity contribution is 0.433. The van der Waals surface area contributed by atoms with Gasteiger partial charge in [0.05, 0.1) is 5.41 Å². The minimum Gasteiger partial charge on any atom is -0.456 e. The molecule has 8 aromatic rings. The monoisotopic (exact) mass is 695 g/mol. The van der Waals surface area contributed by atoms with E-state index >= 15 is 0 Å². The van der Waals surface area contributed by atoms with Crippen LogP contribution in [0.25, 0.3) is 56.4 Å². The molecule has 258 valence electrons. The summed E-state index contributed by atoms with van der Waals surface area (Å²) in [4.78, 5) is 15.8. The number of aryl methyl sites for hydroxylation is 4. The molecule has 1 aliphatic heterocycles. The SMILES string of the molecule is Cc1cc(C)c2c(c1)C1(c3ccccc3Oc3c(C)cccc31)c1c(-c3nc(-c4ccccc4)nc(-c4ccc(-c5ccccc5)cc4)n3)ccc(C)c1-2. The van der Waals surface area contributed by atoms with Gasteiger partial charge in [-0.3, -0.25) is 0 Å². The number of ether oxygens (including phenoxy) is 1. The molecule has 54 heavy (non-hydrogen) atoms. The van der Waals surface area contributed by atoms with Crippen molar-refractivity contribution in [3.05, 3.63) is 196 Å². The Hall–Kier alpha value is -6.65. The van der Waals surface area contributed by atoms with E-state index in [4.69, 9.17) is 19.7 Å². The van der Waals surface area contributed by atoms with Crippen molar-refractivity contribution in [3.63, 3.8) is 0 Å². The largest absolute Gasteiger partial charge is 0.456 e. The third-order valence-corrected chi connectivity index (χ3v) is 11.2. The fourth-order valence-electron chi connectivity index (χ4n) is 8.88. The molecule has 1 atom stereocenters. The average Bonchev–Trinajstić information content (AvgIpc) is 3.51. The van der Waals surface area contributed by atoms with Gasteiger partial charge in [-0.1, -0.05) is 151 Å². The van der Waals surface area contributed by atoms with Gasteiger partial charge in [0.1, 0.15) is 11.5 Å². The Bertz CT molecular complexity index is 2770. The number of fused-ring (bicyclic) bond motifs is 9. The van der Waals surface area contributed by atoms with Crippen LogP contribution in [0.3, 0.4) is 0 Å². The van der Waals surface area contributed by atoms with E-state index < -0.39 is 5.41 Å². The first-order valence-corrected chi connectivity index (χ1v) is 18.5. The average molecular weight is 696 g/mol. The second-order valence-corrected chi connectivity index (χ2v) is 14.6. The lowest BCUT2D eigenvalue weighted by Gasteiger charge is -2.40. The molecule has 0 fully saturated rings. The molecule has 0 N–H and O–H groups in total. The van der Waals surface area contributed by atoms with Gasteiger partial charge >= 0.3 is 0 Å². The van der Waals surface area contributed by atoms with Crippen LogP contribution in [0.5, 0.6) is 11.5 Å². The van der Waals surface area contributed by atoms with Gasteiger partial charge in [-0.15, -0.1) is 0 Å². The number of aromatic nitrogens is 3. The Morgan fingerprint density at radius 3 is 1.76 bits per heavy atom. The highest BCUT2D eigenvalue weighted by molar-refractivity contribution is 5.96. The van der Waals surface area contributed by atoms with Crippen LogP contribution in [0.2, 0.25) is 0 Å². The molecule has 1 aliphatic carbocycles. The second kappa shape index (κ2) is 12.2. The summed E-state index contributed by atoms with van der Waals surface area (Å²) in [5.74, 6) is 3.68. The van der Waals surface area contributed by atoms with Crippen LogP contribution >= 0.6 is 0 Å². The maximum atomic E-state index is 6.82. The van der Waals surface area contributed by atoms with Crippen LogP contribution in [-0.4, -0.2) is 15.0 Å². The number of benzene rings is 7. The van der Waals surface area contributed by atoms with Crippen molar-refractivity contribution in [2.24, 2.45) is 0 Å². The molecule has 0 radical (unpaired) electrons. The molecule has 0 bridgehead atoms. The quantitative estimate of drug-likeness (QED) is 0.184. The van der Waals surface area contributed by atoms with E-state index in [0.717, 1.165) is 50.4 Å². The molecule has 0 saturated carbocycles. The first-order chi connectivity index (χ1) is 26.4. The smallest absolute Gasteiger partial charge is 0.164 e. The van der Waals surface area contributed by atoms with E-state index in [1.54, 1.807) is 0 Å². The maximum Gasteiger partial charge on any atom is 0.164 e. The Morgan fingerprint density at radius 2 is 1.02 bits per heavy atom. The summed E-state index contributed by atoms with van der Waals surface area (Å²) in [6.45, 7) is 8.82. The van der Waals surface area contributed by atoms with Crippen molar-refractivity contribution in [2.75, 3.05) is 0 Å². The van der Waals surface area contributed by atoms with E-state index in [-0.39, 0.29) is 0 Å². The highest BCUT2D eigenvalue weighted by atomic mass is 16.5. The van der Waals surface area contributed by atoms with Crippen molar-refractivity contribution >= 4 is 0 Å². The predicted molar refractivity (Wildman–Crippen MR) is 218 cm³/mol. The van der Waals surface area contributed by atoms with Gasteiger partial charge in [-0.2, -0.15) is 0 Å². The molecule has 1 spiro atoms. The minimum absolute atomic E-state index is 0.632. The van der Waals surface area contributed by atoms with E-state index in [1.165, 1.54) is 44.5 Å². The molecule has 0 saturated heterocycles. The number of hydrogen-bond acceptors (Lipinski definition) is 4. The maximum absolute atomic E-state index is 6.82. The van der Waals surface area contributed by atoms with Crippen molar-refractivity contribution in [1.82, 2.24) is 15.0 Å². The van der Waals surface area contributed by atoms with Crippen molar-refractivity contribution in [2.45, 2.75) is 33.1 Å². The zero-order valence-corrected chi connectivity index (χ0v) is 30.7. The lowest BCUT2D eigenvalue weighted by Crippen LogP contribution is -2.33. The normalized spacial score (nSPS) is 14.9. The number of rotatable bonds is 4. The molecule has 1 unspecified atom stereocenters. The summed E-state index contributed by atoms with van der Waals surface area (Å²) in [5, 5.41) is 0. The lowest BCUT2D eigenvalue weighted by atomic mass is 9.64. The Kier molecular flexibility index (Phi) is 7.24. The highest BCUT2D eigenvalue weighted by Crippen LogP contribution is 2.65. The zero-order chi connectivity index (χ0) is 36.6. The fraction of sp³-hybridized carbons (Fsp3) is 0.100. The van der Waals surface area contributed by atoms with Gasteiger partial charge in [0.2, 0.25) is 0 Å². The summed E-state index contributed by atoms with van der Waals surface area (Å²) < 4.78 is 6.82. The van der Waals surface area contributed by atoms with Gasteiger partial charge in [-0.25, -0.2) is 15.0 Å². The van der Waals surface area contributed by atoms with Crippen LogP contribution in [0.1, 0.15) is 44.5 Å². The van der Waals surface area contributed by atoms with Crippen LogP contribution < -0.4 is 4.74 Å².